The van der Waals surface area contributed by atoms with Crippen LogP contribution in [-0.4, -0.2) is 54.0 Å². The molecule has 92 valence electrons. The fraction of sp³-hybridized carbons (Fsp3) is 0.917. The molecule has 2 saturated heterocycles. The lowest BCUT2D eigenvalue weighted by Crippen LogP contribution is -2.54. The Balaban J connectivity index is 1.91. The van der Waals surface area contributed by atoms with Crippen molar-refractivity contribution in [2.45, 2.75) is 44.7 Å². The lowest BCUT2D eigenvalue weighted by Gasteiger charge is -2.41. The lowest BCUT2D eigenvalue weighted by atomic mass is 9.96. The normalized spacial score (nSPS) is 31.2. The summed E-state index contributed by atoms with van der Waals surface area (Å²) in [4.78, 5) is 16.2. The molecule has 0 aromatic heterocycles. The summed E-state index contributed by atoms with van der Waals surface area (Å²) >= 11 is 0. The number of carbonyl (C=O) groups excluding carboxylic acids is 1. The van der Waals surface area contributed by atoms with Crippen LogP contribution in [0.4, 0.5) is 0 Å². The van der Waals surface area contributed by atoms with Gasteiger partial charge in [0.2, 0.25) is 5.91 Å². The molecule has 2 heterocycles. The third-order valence-corrected chi connectivity index (χ3v) is 3.99. The predicted octanol–water partition coefficient (Wildman–Crippen LogP) is 0.420. The summed E-state index contributed by atoms with van der Waals surface area (Å²) in [6.45, 7) is 5.37. The van der Waals surface area contributed by atoms with E-state index in [1.54, 1.807) is 0 Å². The summed E-state index contributed by atoms with van der Waals surface area (Å²) in [6, 6.07) is 0.918. The van der Waals surface area contributed by atoms with Gasteiger partial charge in [0.25, 0.3) is 0 Å². The van der Waals surface area contributed by atoms with Crippen LogP contribution in [0.3, 0.4) is 0 Å². The lowest BCUT2D eigenvalue weighted by molar-refractivity contribution is -0.137. The molecular formula is C12H23N3O. The van der Waals surface area contributed by atoms with Crippen molar-refractivity contribution in [2.75, 3.05) is 26.2 Å². The second kappa shape index (κ2) is 5.15. The number of piperidine rings is 1. The first-order valence-electron chi connectivity index (χ1n) is 6.46. The van der Waals surface area contributed by atoms with Gasteiger partial charge in [-0.25, -0.2) is 0 Å². The number of hydrogen-bond acceptors (Lipinski definition) is 3. The highest BCUT2D eigenvalue weighted by molar-refractivity contribution is 5.79. The molecule has 0 bridgehead atoms. The van der Waals surface area contributed by atoms with Crippen LogP contribution in [0.5, 0.6) is 0 Å². The number of likely N-dealkylation sites (tertiary alicyclic amines) is 2. The topological polar surface area (TPSA) is 49.6 Å². The number of hydrogen-bond donors (Lipinski definition) is 1. The van der Waals surface area contributed by atoms with Crippen LogP contribution in [0.2, 0.25) is 0 Å². The number of nitrogens with two attached hydrogens (primary N) is 1. The first kappa shape index (κ1) is 11.9. The maximum absolute atomic E-state index is 11.9. The molecule has 2 rings (SSSR count). The molecule has 0 aromatic rings. The van der Waals surface area contributed by atoms with E-state index >= 15 is 0 Å². The maximum atomic E-state index is 11.9. The Hall–Kier alpha value is -0.610. The molecule has 0 aromatic carbocycles. The van der Waals surface area contributed by atoms with E-state index in [4.69, 9.17) is 5.73 Å². The highest BCUT2D eigenvalue weighted by atomic mass is 16.2. The zero-order valence-electron chi connectivity index (χ0n) is 10.2. The van der Waals surface area contributed by atoms with Gasteiger partial charge in [0.1, 0.15) is 0 Å². The molecule has 0 saturated carbocycles. The van der Waals surface area contributed by atoms with Crippen LogP contribution in [0.1, 0.15) is 32.6 Å². The number of amides is 1. The number of nitrogens with zero attached hydrogens (tertiary/aromatic N) is 2. The van der Waals surface area contributed by atoms with Gasteiger partial charge in [-0.1, -0.05) is 6.42 Å². The molecule has 2 aliphatic rings. The van der Waals surface area contributed by atoms with Crippen molar-refractivity contribution >= 4 is 5.91 Å². The van der Waals surface area contributed by atoms with E-state index in [0.717, 1.165) is 19.5 Å². The van der Waals surface area contributed by atoms with E-state index in [0.29, 0.717) is 31.1 Å². The second-order valence-corrected chi connectivity index (χ2v) is 5.08. The average molecular weight is 225 g/mol. The largest absolute Gasteiger partial charge is 0.341 e. The molecule has 2 aliphatic heterocycles. The summed E-state index contributed by atoms with van der Waals surface area (Å²) < 4.78 is 0. The van der Waals surface area contributed by atoms with Gasteiger partial charge in [0, 0.05) is 31.7 Å². The van der Waals surface area contributed by atoms with Crippen molar-refractivity contribution in [3.8, 4) is 0 Å². The second-order valence-electron chi connectivity index (χ2n) is 5.08. The van der Waals surface area contributed by atoms with E-state index in [1.165, 1.54) is 19.3 Å². The zero-order chi connectivity index (χ0) is 11.5. The first-order chi connectivity index (χ1) is 7.72. The Morgan fingerprint density at radius 1 is 1.31 bits per heavy atom. The van der Waals surface area contributed by atoms with Crippen molar-refractivity contribution in [3.63, 3.8) is 0 Å². The molecule has 1 amide bonds. The van der Waals surface area contributed by atoms with Crippen LogP contribution in [0.15, 0.2) is 0 Å². The predicted molar refractivity (Wildman–Crippen MR) is 64.1 cm³/mol. The Labute approximate surface area is 97.8 Å². The van der Waals surface area contributed by atoms with Gasteiger partial charge in [-0.3, -0.25) is 9.69 Å². The molecule has 0 aliphatic carbocycles. The summed E-state index contributed by atoms with van der Waals surface area (Å²) in [7, 11) is 0. The van der Waals surface area contributed by atoms with Gasteiger partial charge in [0.15, 0.2) is 0 Å². The molecule has 0 spiro atoms. The Morgan fingerprint density at radius 2 is 2.06 bits per heavy atom. The van der Waals surface area contributed by atoms with Crippen molar-refractivity contribution in [2.24, 2.45) is 5.73 Å². The van der Waals surface area contributed by atoms with Crippen molar-refractivity contribution in [1.82, 2.24) is 9.80 Å². The maximum Gasteiger partial charge on any atom is 0.236 e. The number of carbonyl (C=O) groups is 1. The molecule has 0 radical (unpaired) electrons. The minimum atomic E-state index is 0.290. The molecular weight excluding hydrogens is 202 g/mol. The molecule has 2 atom stereocenters. The van der Waals surface area contributed by atoms with Crippen molar-refractivity contribution in [1.29, 1.82) is 0 Å². The van der Waals surface area contributed by atoms with E-state index in [-0.39, 0.29) is 0 Å². The highest BCUT2D eigenvalue weighted by Crippen LogP contribution is 2.22. The Kier molecular flexibility index (Phi) is 3.82. The molecule has 2 fully saturated rings. The molecule has 2 unspecified atom stereocenters. The van der Waals surface area contributed by atoms with E-state index in [2.05, 4.69) is 11.8 Å². The van der Waals surface area contributed by atoms with Crippen LogP contribution in [0.25, 0.3) is 0 Å². The average Bonchev–Trinajstić information content (AvgIpc) is 2.18. The summed E-state index contributed by atoms with van der Waals surface area (Å²) in [5, 5.41) is 0. The monoisotopic (exact) mass is 225 g/mol. The highest BCUT2D eigenvalue weighted by Gasteiger charge is 2.30. The van der Waals surface area contributed by atoms with Crippen LogP contribution in [-0.2, 0) is 4.79 Å². The fourth-order valence-corrected chi connectivity index (χ4v) is 2.70. The van der Waals surface area contributed by atoms with Gasteiger partial charge in [-0.05, 0) is 26.2 Å². The van der Waals surface area contributed by atoms with Crippen molar-refractivity contribution < 1.29 is 4.79 Å². The first-order valence-corrected chi connectivity index (χ1v) is 6.46. The third kappa shape index (κ3) is 2.38. The van der Waals surface area contributed by atoms with Crippen molar-refractivity contribution in [3.05, 3.63) is 0 Å². The smallest absolute Gasteiger partial charge is 0.236 e. The van der Waals surface area contributed by atoms with Gasteiger partial charge in [-0.2, -0.15) is 0 Å². The Morgan fingerprint density at radius 3 is 2.62 bits per heavy atom. The zero-order valence-corrected chi connectivity index (χ0v) is 10.2. The van der Waals surface area contributed by atoms with E-state index in [1.807, 2.05) is 4.90 Å². The quantitative estimate of drug-likeness (QED) is 0.757. The van der Waals surface area contributed by atoms with Gasteiger partial charge in [-0.15, -0.1) is 0 Å². The standard InChI is InChI=1S/C12H23N3O/c1-10-4-2-5-11(8-13)15(10)9-12(16)14-6-3-7-14/h10-11H,2-9,13H2,1H3. The summed E-state index contributed by atoms with van der Waals surface area (Å²) in [5.41, 5.74) is 5.79. The molecule has 4 nitrogen and oxygen atoms in total. The summed E-state index contributed by atoms with van der Waals surface area (Å²) in [5.74, 6) is 0.290. The van der Waals surface area contributed by atoms with Crippen LogP contribution >= 0.6 is 0 Å². The number of rotatable bonds is 3. The summed E-state index contributed by atoms with van der Waals surface area (Å²) in [6.07, 6.45) is 4.76. The van der Waals surface area contributed by atoms with Gasteiger partial charge >= 0.3 is 0 Å². The van der Waals surface area contributed by atoms with Crippen LogP contribution < -0.4 is 5.73 Å². The minimum absolute atomic E-state index is 0.290. The van der Waals surface area contributed by atoms with Gasteiger partial charge in [0.05, 0.1) is 6.54 Å². The molecule has 4 heteroatoms. The fourth-order valence-electron chi connectivity index (χ4n) is 2.70. The van der Waals surface area contributed by atoms with E-state index in [9.17, 15) is 4.79 Å². The molecule has 2 N–H and O–H groups in total. The minimum Gasteiger partial charge on any atom is -0.341 e. The van der Waals surface area contributed by atoms with Crippen LogP contribution in [0, 0.1) is 0 Å². The third-order valence-electron chi connectivity index (χ3n) is 3.99. The van der Waals surface area contributed by atoms with E-state index < -0.39 is 0 Å². The molecule has 16 heavy (non-hydrogen) atoms. The van der Waals surface area contributed by atoms with Gasteiger partial charge < -0.3 is 10.6 Å². The SMILES string of the molecule is CC1CCCC(CN)N1CC(=O)N1CCC1. The Bertz CT molecular complexity index is 253.